The lowest BCUT2D eigenvalue weighted by molar-refractivity contribution is -0.140. The summed E-state index contributed by atoms with van der Waals surface area (Å²) in [6.45, 7) is 4.26. The van der Waals surface area contributed by atoms with E-state index in [1.54, 1.807) is 7.05 Å². The number of methoxy groups -OCH3 is 1. The van der Waals surface area contributed by atoms with Gasteiger partial charge in [-0.05, 0) is 38.0 Å². The van der Waals surface area contributed by atoms with E-state index in [9.17, 15) is 24.4 Å². The third-order valence-electron chi connectivity index (χ3n) is 5.05. The molecular formula is C21H42BN5O6. The van der Waals surface area contributed by atoms with Crippen LogP contribution in [-0.2, 0) is 19.1 Å². The second kappa shape index (κ2) is 18.1. The first-order valence-corrected chi connectivity index (χ1v) is 11.6. The topological polar surface area (TPSA) is 173 Å². The number of hydrogen-bond donors (Lipinski definition) is 7. The third kappa shape index (κ3) is 16.0. The molecule has 0 saturated heterocycles. The largest absolute Gasteiger partial charge is 0.475 e. The molecule has 0 saturated carbocycles. The van der Waals surface area contributed by atoms with E-state index in [-0.39, 0.29) is 30.2 Å². The first-order chi connectivity index (χ1) is 15.6. The summed E-state index contributed by atoms with van der Waals surface area (Å²) in [6, 6.07) is -0.823. The van der Waals surface area contributed by atoms with Crippen molar-refractivity contribution in [2.45, 2.75) is 83.6 Å². The first-order valence-electron chi connectivity index (χ1n) is 11.6. The number of carbonyl (C=O) groups excluding carboxylic acids is 3. The molecule has 0 aromatic heterocycles. The van der Waals surface area contributed by atoms with Crippen molar-refractivity contribution in [3.8, 4) is 0 Å². The van der Waals surface area contributed by atoms with Crippen LogP contribution in [0.4, 0.5) is 0 Å². The average molecular weight is 471 g/mol. The SMILES string of the molecule is CNC(=N)NCCC[C@H](NC(=O)CCCCCCC(=O)OC)C(=O)N[C@@H](CC(C)C)B(O)O. The highest BCUT2D eigenvalue weighted by Crippen LogP contribution is 2.09. The molecule has 12 heteroatoms. The number of guanidine groups is 1. The van der Waals surface area contributed by atoms with Crippen LogP contribution in [0.3, 0.4) is 0 Å². The zero-order valence-electron chi connectivity index (χ0n) is 20.4. The van der Waals surface area contributed by atoms with E-state index in [0.717, 1.165) is 12.8 Å². The fraction of sp³-hybridized carbons (Fsp3) is 0.810. The molecule has 0 aromatic carbocycles. The van der Waals surface area contributed by atoms with Gasteiger partial charge in [0.25, 0.3) is 0 Å². The lowest BCUT2D eigenvalue weighted by Crippen LogP contribution is -2.54. The lowest BCUT2D eigenvalue weighted by atomic mass is 9.75. The van der Waals surface area contributed by atoms with E-state index in [1.807, 2.05) is 13.8 Å². The van der Waals surface area contributed by atoms with Gasteiger partial charge >= 0.3 is 13.1 Å². The van der Waals surface area contributed by atoms with Gasteiger partial charge in [-0.2, -0.15) is 0 Å². The number of amides is 2. The van der Waals surface area contributed by atoms with E-state index < -0.39 is 25.0 Å². The minimum atomic E-state index is -1.70. The summed E-state index contributed by atoms with van der Waals surface area (Å²) in [7, 11) is 1.28. The van der Waals surface area contributed by atoms with Crippen molar-refractivity contribution in [1.29, 1.82) is 5.41 Å². The van der Waals surface area contributed by atoms with Crippen molar-refractivity contribution in [3.05, 3.63) is 0 Å². The summed E-state index contributed by atoms with van der Waals surface area (Å²) in [5.74, 6) is -1.51. The second-order valence-corrected chi connectivity index (χ2v) is 8.46. The van der Waals surface area contributed by atoms with E-state index in [0.29, 0.717) is 45.1 Å². The highest BCUT2D eigenvalue weighted by Gasteiger charge is 2.29. The molecule has 2 atom stereocenters. The Morgan fingerprint density at radius 3 is 2.18 bits per heavy atom. The molecule has 0 aliphatic rings. The summed E-state index contributed by atoms with van der Waals surface area (Å²) in [5, 5.41) is 37.6. The molecule has 11 nitrogen and oxygen atoms in total. The van der Waals surface area contributed by atoms with Crippen molar-refractivity contribution in [2.24, 2.45) is 5.92 Å². The number of nitrogens with one attached hydrogen (secondary N) is 5. The van der Waals surface area contributed by atoms with Crippen LogP contribution >= 0.6 is 0 Å². The highest BCUT2D eigenvalue weighted by molar-refractivity contribution is 6.43. The molecule has 33 heavy (non-hydrogen) atoms. The van der Waals surface area contributed by atoms with Gasteiger partial charge in [-0.25, -0.2) is 0 Å². The van der Waals surface area contributed by atoms with Crippen molar-refractivity contribution in [2.75, 3.05) is 20.7 Å². The van der Waals surface area contributed by atoms with Crippen LogP contribution in [0.1, 0.15) is 71.6 Å². The van der Waals surface area contributed by atoms with Gasteiger partial charge in [0.05, 0.1) is 13.1 Å². The smallest absolute Gasteiger partial charge is 0.469 e. The van der Waals surface area contributed by atoms with Crippen LogP contribution < -0.4 is 21.3 Å². The van der Waals surface area contributed by atoms with Gasteiger partial charge in [0.2, 0.25) is 11.8 Å². The molecule has 0 rings (SSSR count). The van der Waals surface area contributed by atoms with Crippen LogP contribution in [0.25, 0.3) is 0 Å². The molecule has 0 unspecified atom stereocenters. The molecule has 0 aromatic rings. The zero-order valence-corrected chi connectivity index (χ0v) is 20.4. The number of unbranched alkanes of at least 4 members (excludes halogenated alkanes) is 3. The third-order valence-corrected chi connectivity index (χ3v) is 5.05. The summed E-state index contributed by atoms with van der Waals surface area (Å²) in [5.41, 5.74) is 0. The molecular weight excluding hydrogens is 429 g/mol. The maximum Gasteiger partial charge on any atom is 0.475 e. The molecule has 0 aliphatic carbocycles. The number of ether oxygens (including phenoxy) is 1. The Labute approximate surface area is 197 Å². The maximum atomic E-state index is 12.8. The number of carbonyl (C=O) groups is 3. The van der Waals surface area contributed by atoms with Gasteiger partial charge in [0.1, 0.15) is 6.04 Å². The molecule has 2 amide bonds. The molecule has 0 radical (unpaired) electrons. The average Bonchev–Trinajstić information content (AvgIpc) is 2.76. The molecule has 0 aliphatic heterocycles. The van der Waals surface area contributed by atoms with Gasteiger partial charge in [-0.1, -0.05) is 26.7 Å². The Kier molecular flexibility index (Phi) is 16.8. The zero-order chi connectivity index (χ0) is 25.2. The number of esters is 1. The Balaban J connectivity index is 4.73. The first kappa shape index (κ1) is 30.7. The summed E-state index contributed by atoms with van der Waals surface area (Å²) in [4.78, 5) is 36.3. The predicted molar refractivity (Wildman–Crippen MR) is 127 cm³/mol. The van der Waals surface area contributed by atoms with Gasteiger partial charge in [-0.15, -0.1) is 0 Å². The molecule has 7 N–H and O–H groups in total. The van der Waals surface area contributed by atoms with Crippen molar-refractivity contribution in [1.82, 2.24) is 21.3 Å². The maximum absolute atomic E-state index is 12.8. The Bertz CT molecular complexity index is 606. The fourth-order valence-electron chi connectivity index (χ4n) is 3.20. The Hall–Kier alpha value is -2.34. The lowest BCUT2D eigenvalue weighted by Gasteiger charge is -2.24. The number of rotatable bonds is 17. The monoisotopic (exact) mass is 471 g/mol. The van der Waals surface area contributed by atoms with Crippen molar-refractivity contribution in [3.63, 3.8) is 0 Å². The normalized spacial score (nSPS) is 12.5. The fourth-order valence-corrected chi connectivity index (χ4v) is 3.20. The van der Waals surface area contributed by atoms with Crippen molar-refractivity contribution >= 4 is 30.9 Å². The standard InChI is InChI=1S/C21H42BN5O6/c1-15(2)14-17(22(31)32)27-20(30)16(10-9-13-25-21(23)24-3)26-18(28)11-7-5-6-8-12-19(29)33-4/h15-17,31-32H,5-14H2,1-4H3,(H,26,28)(H,27,30)(H3,23,24,25)/t16-,17-/m0/s1. The summed E-state index contributed by atoms with van der Waals surface area (Å²) < 4.78 is 4.59. The van der Waals surface area contributed by atoms with E-state index in [2.05, 4.69) is 26.0 Å². The molecule has 0 spiro atoms. The van der Waals surface area contributed by atoms with Crippen molar-refractivity contribution < 1.29 is 29.2 Å². The minimum Gasteiger partial charge on any atom is -0.469 e. The second-order valence-electron chi connectivity index (χ2n) is 8.46. The van der Waals surface area contributed by atoms with Crippen LogP contribution in [0, 0.1) is 11.3 Å². The Morgan fingerprint density at radius 2 is 1.64 bits per heavy atom. The molecule has 190 valence electrons. The van der Waals surface area contributed by atoms with Gasteiger partial charge in [0, 0.05) is 26.4 Å². The quantitative estimate of drug-likeness (QED) is 0.0512. The van der Waals surface area contributed by atoms with Crippen LogP contribution in [0.2, 0.25) is 0 Å². The van der Waals surface area contributed by atoms with Crippen LogP contribution in [0.5, 0.6) is 0 Å². The predicted octanol–water partition coefficient (Wildman–Crippen LogP) is 0.0517. The van der Waals surface area contributed by atoms with E-state index in [1.165, 1.54) is 7.11 Å². The summed E-state index contributed by atoms with van der Waals surface area (Å²) in [6.07, 6.45) is 4.77. The molecule has 0 bridgehead atoms. The summed E-state index contributed by atoms with van der Waals surface area (Å²) >= 11 is 0. The van der Waals surface area contributed by atoms with Gasteiger partial charge in [0.15, 0.2) is 5.96 Å². The molecule has 0 fully saturated rings. The van der Waals surface area contributed by atoms with E-state index in [4.69, 9.17) is 5.41 Å². The van der Waals surface area contributed by atoms with Gasteiger partial charge < -0.3 is 36.1 Å². The van der Waals surface area contributed by atoms with Crippen LogP contribution in [0.15, 0.2) is 0 Å². The molecule has 0 heterocycles. The number of hydrogen-bond acceptors (Lipinski definition) is 7. The highest BCUT2D eigenvalue weighted by atomic mass is 16.5. The minimum absolute atomic E-state index is 0.140. The van der Waals surface area contributed by atoms with E-state index >= 15 is 0 Å². The van der Waals surface area contributed by atoms with Crippen LogP contribution in [-0.4, -0.2) is 73.6 Å². The Morgan fingerprint density at radius 1 is 1.00 bits per heavy atom. The van der Waals surface area contributed by atoms with Gasteiger partial charge in [-0.3, -0.25) is 19.8 Å².